The van der Waals surface area contributed by atoms with Crippen molar-refractivity contribution in [3.05, 3.63) is 5.21 Å². The highest BCUT2D eigenvalue weighted by Crippen LogP contribution is 2.23. The average Bonchev–Trinajstić information content (AvgIpc) is 3.18. The van der Waals surface area contributed by atoms with Gasteiger partial charge in [-0.15, -0.1) is 0 Å². The summed E-state index contributed by atoms with van der Waals surface area (Å²) in [5, 5.41) is 23.1. The van der Waals surface area contributed by atoms with Crippen LogP contribution in [0.15, 0.2) is 0 Å². The number of carbonyl (C=O) groups excluding carboxylic acids is 2. The molecular weight excluding hydrogens is 687 g/mol. The van der Waals surface area contributed by atoms with E-state index in [-0.39, 0.29) is 35.0 Å². The Balaban J connectivity index is 4.49. The van der Waals surface area contributed by atoms with E-state index in [1.807, 2.05) is 0 Å². The topological polar surface area (TPSA) is 95.9 Å². The molecule has 0 bridgehead atoms. The van der Waals surface area contributed by atoms with Gasteiger partial charge in [0.2, 0.25) is 0 Å². The van der Waals surface area contributed by atoms with E-state index < -0.39 is 0 Å². The first-order valence-electron chi connectivity index (χ1n) is 24.4. The molecule has 2 atom stereocenters. The number of aliphatic hydroxyl groups excluding tert-OH is 1. The number of hydroxylamine groups is 3. The molecule has 328 valence electrons. The van der Waals surface area contributed by atoms with Crippen molar-refractivity contribution < 1.29 is 28.8 Å². The molecule has 0 rings (SSSR count). The monoisotopic (exact) mass is 782 g/mol. The van der Waals surface area contributed by atoms with Gasteiger partial charge in [0, 0.05) is 6.61 Å². The van der Waals surface area contributed by atoms with Gasteiger partial charge in [-0.3, -0.25) is 9.59 Å². The summed E-state index contributed by atoms with van der Waals surface area (Å²) < 4.78 is 11.4. The van der Waals surface area contributed by atoms with Crippen LogP contribution in [0.3, 0.4) is 0 Å². The van der Waals surface area contributed by atoms with Crippen molar-refractivity contribution in [1.29, 1.82) is 0 Å². The predicted molar refractivity (Wildman–Crippen MR) is 234 cm³/mol. The maximum Gasteiger partial charge on any atom is 0.308 e. The van der Waals surface area contributed by atoms with Gasteiger partial charge >= 0.3 is 11.9 Å². The number of ether oxygens (including phenoxy) is 2. The highest BCUT2D eigenvalue weighted by Gasteiger charge is 2.21. The number of hydrogen-bond donors (Lipinski definition) is 1. The molecule has 0 aliphatic heterocycles. The third kappa shape index (κ3) is 34.6. The van der Waals surface area contributed by atoms with Crippen LogP contribution in [0.4, 0.5) is 0 Å². The smallest absolute Gasteiger partial charge is 0.308 e. The molecule has 2 unspecified atom stereocenters. The lowest BCUT2D eigenvalue weighted by molar-refractivity contribution is -0.881. The zero-order chi connectivity index (χ0) is 40.5. The first kappa shape index (κ1) is 53.8. The lowest BCUT2D eigenvalue weighted by Crippen LogP contribution is -2.44. The minimum absolute atomic E-state index is 0.00726. The number of esters is 2. The molecule has 0 aromatic heterocycles. The first-order valence-corrected chi connectivity index (χ1v) is 24.4. The van der Waals surface area contributed by atoms with Crippen molar-refractivity contribution in [3.8, 4) is 0 Å². The number of nitrogens with zero attached hydrogens (tertiary/aromatic N) is 1. The van der Waals surface area contributed by atoms with Gasteiger partial charge in [-0.25, -0.2) is 0 Å². The van der Waals surface area contributed by atoms with Crippen LogP contribution in [0.5, 0.6) is 0 Å². The summed E-state index contributed by atoms with van der Waals surface area (Å²) in [5.41, 5.74) is 0. The molecule has 0 spiro atoms. The van der Waals surface area contributed by atoms with Gasteiger partial charge in [-0.1, -0.05) is 156 Å². The SMILES string of the molecule is CCCCCCCCC(CCCCCC)C(=O)OCCCCCC[N+]([O-])(CCCCO)CCCCCCOC(=O)C(CCCCCC)CCCCCCCC. The first-order chi connectivity index (χ1) is 26.9. The van der Waals surface area contributed by atoms with Crippen LogP contribution >= 0.6 is 0 Å². The maximum absolute atomic E-state index is 13.8. The van der Waals surface area contributed by atoms with Gasteiger partial charge in [0.25, 0.3) is 0 Å². The lowest BCUT2D eigenvalue weighted by Gasteiger charge is -2.43. The second-order valence-corrected chi connectivity index (χ2v) is 17.0. The van der Waals surface area contributed by atoms with E-state index in [0.717, 1.165) is 109 Å². The van der Waals surface area contributed by atoms with Gasteiger partial charge in [-0.2, -0.15) is 0 Å². The highest BCUT2D eigenvalue weighted by molar-refractivity contribution is 5.72. The summed E-state index contributed by atoms with van der Waals surface area (Å²) in [6.45, 7) is 11.8. The molecule has 0 fully saturated rings. The van der Waals surface area contributed by atoms with Gasteiger partial charge in [-0.05, 0) is 89.9 Å². The van der Waals surface area contributed by atoms with Crippen molar-refractivity contribution in [1.82, 2.24) is 0 Å². The second-order valence-electron chi connectivity index (χ2n) is 17.0. The van der Waals surface area contributed by atoms with Crippen LogP contribution in [-0.2, 0) is 19.1 Å². The van der Waals surface area contributed by atoms with E-state index in [9.17, 15) is 19.9 Å². The third-order valence-corrected chi connectivity index (χ3v) is 11.7. The van der Waals surface area contributed by atoms with Crippen molar-refractivity contribution >= 4 is 11.9 Å². The molecule has 0 saturated heterocycles. The summed E-state index contributed by atoms with van der Waals surface area (Å²) >= 11 is 0. The number of hydrogen-bond acceptors (Lipinski definition) is 6. The van der Waals surface area contributed by atoms with Gasteiger partial charge in [0.1, 0.15) is 0 Å². The Morgan fingerprint density at radius 3 is 1.04 bits per heavy atom. The predicted octanol–water partition coefficient (Wildman–Crippen LogP) is 14.0. The highest BCUT2D eigenvalue weighted by atomic mass is 16.5. The zero-order valence-electron chi connectivity index (χ0n) is 37.4. The summed E-state index contributed by atoms with van der Waals surface area (Å²) in [5.74, 6) is 0.112. The van der Waals surface area contributed by atoms with Crippen LogP contribution in [0.25, 0.3) is 0 Å². The Kier molecular flexibility index (Phi) is 40.1. The standard InChI is InChI=1S/C48H95NO6/c1-5-9-13-17-19-27-37-45(35-25-15-11-7-3)47(51)54-43-33-23-21-29-39-49(53,41-31-32-42-50)40-30-22-24-34-44-55-48(52)46(36-26-16-12-8-4)38-28-20-18-14-10-6-2/h45-46,50H,5-44H2,1-4H3. The Labute approximate surface area is 342 Å². The molecule has 0 amide bonds. The van der Waals surface area contributed by atoms with Crippen molar-refractivity contribution in [2.24, 2.45) is 11.8 Å². The minimum atomic E-state index is -0.180. The van der Waals surface area contributed by atoms with E-state index in [0.29, 0.717) is 39.3 Å². The number of carbonyl (C=O) groups is 2. The molecule has 0 heterocycles. The molecule has 7 nitrogen and oxygen atoms in total. The zero-order valence-corrected chi connectivity index (χ0v) is 37.4. The molecule has 0 aliphatic rings. The maximum atomic E-state index is 13.8. The largest absolute Gasteiger partial charge is 0.633 e. The Morgan fingerprint density at radius 1 is 0.418 bits per heavy atom. The lowest BCUT2D eigenvalue weighted by atomic mass is 9.94. The fourth-order valence-electron chi connectivity index (χ4n) is 7.88. The van der Waals surface area contributed by atoms with E-state index in [1.165, 1.54) is 103 Å². The summed E-state index contributed by atoms with van der Waals surface area (Å²) in [6.07, 6.45) is 37.1. The van der Waals surface area contributed by atoms with Crippen molar-refractivity contribution in [2.75, 3.05) is 39.5 Å². The van der Waals surface area contributed by atoms with Crippen LogP contribution < -0.4 is 0 Å². The van der Waals surface area contributed by atoms with Crippen LogP contribution in [0, 0.1) is 17.0 Å². The van der Waals surface area contributed by atoms with Crippen molar-refractivity contribution in [3.63, 3.8) is 0 Å². The van der Waals surface area contributed by atoms with Crippen LogP contribution in [-0.4, -0.2) is 61.1 Å². The second kappa shape index (κ2) is 41.0. The molecule has 0 radical (unpaired) electrons. The minimum Gasteiger partial charge on any atom is -0.633 e. The molecule has 7 heteroatoms. The quantitative estimate of drug-likeness (QED) is 0.0286. The molecule has 0 aromatic rings. The fraction of sp³-hybridized carbons (Fsp3) is 0.958. The number of aliphatic hydroxyl groups is 1. The Hall–Kier alpha value is -1.18. The Bertz CT molecular complexity index is 764. The number of rotatable bonds is 44. The molecule has 55 heavy (non-hydrogen) atoms. The normalized spacial score (nSPS) is 13.8. The summed E-state index contributed by atoms with van der Waals surface area (Å²) in [6, 6.07) is 0. The van der Waals surface area contributed by atoms with E-state index in [1.54, 1.807) is 0 Å². The number of unbranched alkanes of at least 4 members (excludes halogenated alkanes) is 23. The van der Waals surface area contributed by atoms with E-state index in [4.69, 9.17) is 9.47 Å². The molecule has 0 saturated carbocycles. The van der Waals surface area contributed by atoms with E-state index in [2.05, 4.69) is 27.7 Å². The fourth-order valence-corrected chi connectivity index (χ4v) is 7.88. The molecule has 0 aliphatic carbocycles. The molecular formula is C48H95NO6. The van der Waals surface area contributed by atoms with Crippen LogP contribution in [0.1, 0.15) is 246 Å². The molecule has 0 aromatic carbocycles. The van der Waals surface area contributed by atoms with Gasteiger partial charge in [0.05, 0.1) is 44.7 Å². The number of quaternary nitrogens is 1. The van der Waals surface area contributed by atoms with E-state index >= 15 is 0 Å². The summed E-state index contributed by atoms with van der Waals surface area (Å²) in [7, 11) is 0. The third-order valence-electron chi connectivity index (χ3n) is 11.7. The summed E-state index contributed by atoms with van der Waals surface area (Å²) in [4.78, 5) is 25.9. The van der Waals surface area contributed by atoms with Crippen molar-refractivity contribution in [2.45, 2.75) is 246 Å². The average molecular weight is 782 g/mol. The Morgan fingerprint density at radius 2 is 0.691 bits per heavy atom. The van der Waals surface area contributed by atoms with Gasteiger partial charge in [0.15, 0.2) is 0 Å². The van der Waals surface area contributed by atoms with Crippen LogP contribution in [0.2, 0.25) is 0 Å². The van der Waals surface area contributed by atoms with Gasteiger partial charge < -0.3 is 24.4 Å². The molecule has 1 N–H and O–H groups in total.